The molecule has 0 aromatic heterocycles. The Labute approximate surface area is 159 Å². The maximum atomic E-state index is 12.1. The predicted molar refractivity (Wildman–Crippen MR) is 103 cm³/mol. The Hall–Kier alpha value is -3.15. The maximum Gasteiger partial charge on any atom is 0.306 e. The number of carbonyl (C=O) groups is 3. The van der Waals surface area contributed by atoms with Crippen molar-refractivity contribution in [2.24, 2.45) is 0 Å². The van der Waals surface area contributed by atoms with E-state index in [1.165, 1.54) is 4.90 Å². The van der Waals surface area contributed by atoms with Gasteiger partial charge >= 0.3 is 5.97 Å². The molecular formula is C21H24N2O4. The Morgan fingerprint density at radius 3 is 2.30 bits per heavy atom. The molecule has 0 heterocycles. The van der Waals surface area contributed by atoms with E-state index < -0.39 is 5.97 Å². The Morgan fingerprint density at radius 2 is 1.59 bits per heavy atom. The number of esters is 1. The summed E-state index contributed by atoms with van der Waals surface area (Å²) in [6, 6.07) is 16.5. The first-order chi connectivity index (χ1) is 13.0. The highest BCUT2D eigenvalue weighted by Gasteiger charge is 2.15. The second kappa shape index (κ2) is 10.1. The molecule has 0 bridgehead atoms. The van der Waals surface area contributed by atoms with Gasteiger partial charge in [-0.25, -0.2) is 0 Å². The number of ether oxygens (including phenoxy) is 1. The van der Waals surface area contributed by atoms with Gasteiger partial charge in [-0.2, -0.15) is 0 Å². The summed E-state index contributed by atoms with van der Waals surface area (Å²) in [6.07, 6.45) is 0.623. The molecule has 2 amide bonds. The van der Waals surface area contributed by atoms with Crippen LogP contribution in [-0.2, 0) is 20.7 Å². The van der Waals surface area contributed by atoms with E-state index in [1.807, 2.05) is 30.3 Å². The molecule has 0 saturated heterocycles. The lowest BCUT2D eigenvalue weighted by molar-refractivity contribution is -0.144. The molecule has 6 nitrogen and oxygen atoms in total. The van der Waals surface area contributed by atoms with Crippen LogP contribution >= 0.6 is 0 Å². The van der Waals surface area contributed by atoms with Gasteiger partial charge in [0.05, 0.1) is 24.3 Å². The Balaban J connectivity index is 1.78. The van der Waals surface area contributed by atoms with Crippen LogP contribution in [-0.4, -0.2) is 43.4 Å². The topological polar surface area (TPSA) is 75.7 Å². The first kappa shape index (κ1) is 20.2. The SMILES string of the molecule is CN(C)C(=O)c1ccccc1NC(=O)CCC(=O)OCCc1ccccc1. The summed E-state index contributed by atoms with van der Waals surface area (Å²) in [5, 5.41) is 2.69. The second-order valence-electron chi connectivity index (χ2n) is 6.25. The van der Waals surface area contributed by atoms with Gasteiger partial charge in [0.25, 0.3) is 5.91 Å². The van der Waals surface area contributed by atoms with E-state index in [-0.39, 0.29) is 31.3 Å². The van der Waals surface area contributed by atoms with Crippen LogP contribution < -0.4 is 5.32 Å². The normalized spacial score (nSPS) is 10.1. The van der Waals surface area contributed by atoms with Crippen LogP contribution in [0.15, 0.2) is 54.6 Å². The van der Waals surface area contributed by atoms with Crippen molar-refractivity contribution in [3.05, 3.63) is 65.7 Å². The fraction of sp³-hybridized carbons (Fsp3) is 0.286. The van der Waals surface area contributed by atoms with Crippen molar-refractivity contribution in [2.45, 2.75) is 19.3 Å². The van der Waals surface area contributed by atoms with Crippen LogP contribution in [0.1, 0.15) is 28.8 Å². The van der Waals surface area contributed by atoms with Crippen molar-refractivity contribution in [1.82, 2.24) is 4.90 Å². The monoisotopic (exact) mass is 368 g/mol. The van der Waals surface area contributed by atoms with E-state index in [0.29, 0.717) is 17.7 Å². The van der Waals surface area contributed by atoms with Gasteiger partial charge in [-0.05, 0) is 17.7 Å². The summed E-state index contributed by atoms with van der Waals surface area (Å²) in [5.41, 5.74) is 1.92. The summed E-state index contributed by atoms with van der Waals surface area (Å²) < 4.78 is 5.16. The zero-order valence-electron chi connectivity index (χ0n) is 15.6. The third-order valence-corrected chi connectivity index (χ3v) is 3.89. The van der Waals surface area contributed by atoms with Crippen molar-refractivity contribution >= 4 is 23.5 Å². The van der Waals surface area contributed by atoms with Crippen molar-refractivity contribution in [2.75, 3.05) is 26.0 Å². The highest BCUT2D eigenvalue weighted by Crippen LogP contribution is 2.17. The highest BCUT2D eigenvalue weighted by atomic mass is 16.5. The second-order valence-corrected chi connectivity index (χ2v) is 6.25. The van der Waals surface area contributed by atoms with E-state index in [9.17, 15) is 14.4 Å². The van der Waals surface area contributed by atoms with Crippen LogP contribution in [0, 0.1) is 0 Å². The molecule has 0 radical (unpaired) electrons. The Morgan fingerprint density at radius 1 is 0.926 bits per heavy atom. The molecule has 0 unspecified atom stereocenters. The number of hydrogen-bond acceptors (Lipinski definition) is 4. The summed E-state index contributed by atoms with van der Waals surface area (Å²) in [4.78, 5) is 37.5. The van der Waals surface area contributed by atoms with E-state index in [0.717, 1.165) is 5.56 Å². The first-order valence-electron chi connectivity index (χ1n) is 8.77. The minimum absolute atomic E-state index is 0.00530. The van der Waals surface area contributed by atoms with Gasteiger partial charge in [-0.1, -0.05) is 42.5 Å². The van der Waals surface area contributed by atoms with Gasteiger partial charge in [-0.3, -0.25) is 14.4 Å². The number of amides is 2. The highest BCUT2D eigenvalue weighted by molar-refractivity contribution is 6.03. The number of carbonyl (C=O) groups excluding carboxylic acids is 3. The van der Waals surface area contributed by atoms with Crippen LogP contribution in [0.25, 0.3) is 0 Å². The lowest BCUT2D eigenvalue weighted by Gasteiger charge is -2.14. The lowest BCUT2D eigenvalue weighted by atomic mass is 10.1. The number of anilines is 1. The Kier molecular flexibility index (Phi) is 7.55. The first-order valence-corrected chi connectivity index (χ1v) is 8.77. The molecule has 0 fully saturated rings. The number of benzene rings is 2. The summed E-state index contributed by atoms with van der Waals surface area (Å²) in [5.74, 6) is -0.959. The molecule has 0 aliphatic carbocycles. The average molecular weight is 368 g/mol. The largest absolute Gasteiger partial charge is 0.465 e. The fourth-order valence-electron chi connectivity index (χ4n) is 2.45. The van der Waals surface area contributed by atoms with Crippen LogP contribution in [0.5, 0.6) is 0 Å². The molecule has 2 aromatic carbocycles. The number of hydrogen-bond donors (Lipinski definition) is 1. The van der Waals surface area contributed by atoms with Crippen molar-refractivity contribution in [1.29, 1.82) is 0 Å². The quantitative estimate of drug-likeness (QED) is 0.727. The molecule has 6 heteroatoms. The predicted octanol–water partition coefficient (Wildman–Crippen LogP) is 2.89. The molecule has 0 aliphatic heterocycles. The van der Waals surface area contributed by atoms with Crippen LogP contribution in [0.4, 0.5) is 5.69 Å². The molecule has 0 saturated carbocycles. The van der Waals surface area contributed by atoms with E-state index in [4.69, 9.17) is 4.74 Å². The molecule has 2 aromatic rings. The zero-order valence-corrected chi connectivity index (χ0v) is 15.6. The van der Waals surface area contributed by atoms with Gasteiger partial charge in [0.1, 0.15) is 0 Å². The number of nitrogens with zero attached hydrogens (tertiary/aromatic N) is 1. The molecule has 2 rings (SSSR count). The Bertz CT molecular complexity index is 788. The third kappa shape index (κ3) is 6.58. The molecule has 0 atom stereocenters. The third-order valence-electron chi connectivity index (χ3n) is 3.89. The van der Waals surface area contributed by atoms with Crippen molar-refractivity contribution in [3.63, 3.8) is 0 Å². The number of para-hydroxylation sites is 1. The molecule has 0 spiro atoms. The van der Waals surface area contributed by atoms with Gasteiger partial charge in [0, 0.05) is 26.9 Å². The standard InChI is InChI=1S/C21H24N2O4/c1-23(2)21(26)17-10-6-7-11-18(17)22-19(24)12-13-20(25)27-15-14-16-8-4-3-5-9-16/h3-11H,12-15H2,1-2H3,(H,22,24). The van der Waals surface area contributed by atoms with Gasteiger partial charge in [-0.15, -0.1) is 0 Å². The lowest BCUT2D eigenvalue weighted by Crippen LogP contribution is -2.24. The average Bonchev–Trinajstić information content (AvgIpc) is 2.67. The van der Waals surface area contributed by atoms with Crippen LogP contribution in [0.3, 0.4) is 0 Å². The zero-order chi connectivity index (χ0) is 19.6. The molecule has 1 N–H and O–H groups in total. The fourth-order valence-corrected chi connectivity index (χ4v) is 2.45. The molecule has 27 heavy (non-hydrogen) atoms. The number of rotatable bonds is 8. The van der Waals surface area contributed by atoms with Crippen molar-refractivity contribution < 1.29 is 19.1 Å². The maximum absolute atomic E-state index is 12.1. The van der Waals surface area contributed by atoms with E-state index >= 15 is 0 Å². The van der Waals surface area contributed by atoms with Gasteiger partial charge in [0.2, 0.25) is 5.91 Å². The van der Waals surface area contributed by atoms with Crippen molar-refractivity contribution in [3.8, 4) is 0 Å². The van der Waals surface area contributed by atoms with E-state index in [1.54, 1.807) is 38.4 Å². The van der Waals surface area contributed by atoms with Gasteiger partial charge < -0.3 is 15.0 Å². The molecule has 142 valence electrons. The smallest absolute Gasteiger partial charge is 0.306 e. The summed E-state index contributed by atoms with van der Waals surface area (Å²) in [6.45, 7) is 0.282. The molecule has 0 aliphatic rings. The van der Waals surface area contributed by atoms with Crippen LogP contribution in [0.2, 0.25) is 0 Å². The van der Waals surface area contributed by atoms with E-state index in [2.05, 4.69) is 5.32 Å². The summed E-state index contributed by atoms with van der Waals surface area (Å²) in [7, 11) is 3.29. The van der Waals surface area contributed by atoms with Gasteiger partial charge in [0.15, 0.2) is 0 Å². The summed E-state index contributed by atoms with van der Waals surface area (Å²) >= 11 is 0. The minimum atomic E-state index is -0.418. The molecular weight excluding hydrogens is 344 g/mol. The minimum Gasteiger partial charge on any atom is -0.465 e. The number of nitrogens with one attached hydrogen (secondary N) is 1.